The number of nitrogen functional groups attached to an aromatic ring is 1. The van der Waals surface area contributed by atoms with Crippen molar-refractivity contribution in [3.8, 4) is 0 Å². The first-order valence-corrected chi connectivity index (χ1v) is 4.79. The van der Waals surface area contributed by atoms with Crippen LogP contribution in [0, 0.1) is 0 Å². The molecule has 0 spiro atoms. The van der Waals surface area contributed by atoms with Gasteiger partial charge in [-0.15, -0.1) is 0 Å². The van der Waals surface area contributed by atoms with Crippen LogP contribution in [0.5, 0.6) is 0 Å². The lowest BCUT2D eigenvalue weighted by Crippen LogP contribution is -2.13. The Morgan fingerprint density at radius 1 is 1.07 bits per heavy atom. The second-order valence-corrected chi connectivity index (χ2v) is 3.40. The van der Waals surface area contributed by atoms with E-state index in [0.717, 1.165) is 16.9 Å². The van der Waals surface area contributed by atoms with Gasteiger partial charge in [0.15, 0.2) is 0 Å². The third-order valence-electron chi connectivity index (χ3n) is 2.28. The number of nitrogens with two attached hydrogens (primary N) is 2. The molecule has 0 aliphatic heterocycles. The van der Waals surface area contributed by atoms with Crippen molar-refractivity contribution < 1.29 is 0 Å². The van der Waals surface area contributed by atoms with Gasteiger partial charge in [0.1, 0.15) is 0 Å². The van der Waals surface area contributed by atoms with Crippen molar-refractivity contribution >= 4 is 5.69 Å². The summed E-state index contributed by atoms with van der Waals surface area (Å²) < 4.78 is 0. The normalized spacial score (nSPS) is 12.3. The molecule has 0 saturated carbocycles. The lowest BCUT2D eigenvalue weighted by molar-refractivity contribution is 0.829. The highest BCUT2D eigenvalue weighted by Gasteiger charge is 2.09. The van der Waals surface area contributed by atoms with Gasteiger partial charge < -0.3 is 11.5 Å². The fourth-order valence-electron chi connectivity index (χ4n) is 1.48. The zero-order valence-corrected chi connectivity index (χ0v) is 8.30. The Balaban J connectivity index is 2.32. The van der Waals surface area contributed by atoms with Crippen molar-refractivity contribution in [2.24, 2.45) is 5.73 Å². The Morgan fingerprint density at radius 3 is 2.60 bits per heavy atom. The topological polar surface area (TPSA) is 64.9 Å². The summed E-state index contributed by atoms with van der Waals surface area (Å²) in [6.07, 6.45) is 1.74. The average molecular weight is 199 g/mol. The highest BCUT2D eigenvalue weighted by atomic mass is 14.8. The van der Waals surface area contributed by atoms with Crippen LogP contribution in [-0.4, -0.2) is 4.98 Å². The van der Waals surface area contributed by atoms with Gasteiger partial charge in [0.05, 0.1) is 11.7 Å². The molecule has 1 atom stereocenters. The van der Waals surface area contributed by atoms with Gasteiger partial charge in [-0.3, -0.25) is 4.98 Å². The molecule has 1 heterocycles. The standard InChI is InChI=1S/C12H13N3/c13-10-5-3-4-9(8-10)12(14)11-6-1-2-7-15-11/h1-8,12H,13-14H2. The summed E-state index contributed by atoms with van der Waals surface area (Å²) in [5.74, 6) is 0. The number of hydrogen-bond donors (Lipinski definition) is 2. The minimum absolute atomic E-state index is 0.213. The van der Waals surface area contributed by atoms with E-state index >= 15 is 0 Å². The molecule has 1 aromatic heterocycles. The maximum absolute atomic E-state index is 6.07. The van der Waals surface area contributed by atoms with Gasteiger partial charge in [0.2, 0.25) is 0 Å². The number of pyridine rings is 1. The Bertz CT molecular complexity index is 440. The van der Waals surface area contributed by atoms with Gasteiger partial charge in [-0.05, 0) is 29.8 Å². The highest BCUT2D eigenvalue weighted by Crippen LogP contribution is 2.18. The number of rotatable bonds is 2. The van der Waals surface area contributed by atoms with Gasteiger partial charge in [-0.25, -0.2) is 0 Å². The summed E-state index contributed by atoms with van der Waals surface area (Å²) >= 11 is 0. The van der Waals surface area contributed by atoms with E-state index in [4.69, 9.17) is 11.5 Å². The summed E-state index contributed by atoms with van der Waals surface area (Å²) in [7, 11) is 0. The van der Waals surface area contributed by atoms with Gasteiger partial charge in [-0.2, -0.15) is 0 Å². The van der Waals surface area contributed by atoms with E-state index in [1.165, 1.54) is 0 Å². The molecule has 0 aliphatic rings. The van der Waals surface area contributed by atoms with Crippen LogP contribution in [0.25, 0.3) is 0 Å². The molecule has 0 radical (unpaired) electrons. The second kappa shape index (κ2) is 4.11. The molecule has 4 N–H and O–H groups in total. The van der Waals surface area contributed by atoms with Crippen molar-refractivity contribution in [1.82, 2.24) is 4.98 Å². The fraction of sp³-hybridized carbons (Fsp3) is 0.0833. The number of anilines is 1. The van der Waals surface area contributed by atoms with E-state index in [1.54, 1.807) is 6.20 Å². The summed E-state index contributed by atoms with van der Waals surface area (Å²) in [6, 6.07) is 13.1. The molecule has 2 aromatic rings. The van der Waals surface area contributed by atoms with Crippen molar-refractivity contribution in [1.29, 1.82) is 0 Å². The van der Waals surface area contributed by atoms with Gasteiger partial charge in [0, 0.05) is 11.9 Å². The lowest BCUT2D eigenvalue weighted by atomic mass is 10.0. The Hall–Kier alpha value is -1.87. The predicted octanol–water partition coefficient (Wildman–Crippen LogP) is 1.71. The fourth-order valence-corrected chi connectivity index (χ4v) is 1.48. The third-order valence-corrected chi connectivity index (χ3v) is 2.28. The molecular weight excluding hydrogens is 186 g/mol. The van der Waals surface area contributed by atoms with E-state index in [0.29, 0.717) is 0 Å². The summed E-state index contributed by atoms with van der Waals surface area (Å²) in [4.78, 5) is 4.22. The van der Waals surface area contributed by atoms with Crippen molar-refractivity contribution in [3.05, 3.63) is 59.9 Å². The molecule has 2 rings (SSSR count). The molecule has 0 aliphatic carbocycles. The van der Waals surface area contributed by atoms with Gasteiger partial charge in [-0.1, -0.05) is 18.2 Å². The van der Waals surface area contributed by atoms with Gasteiger partial charge >= 0.3 is 0 Å². The number of nitrogens with zero attached hydrogens (tertiary/aromatic N) is 1. The second-order valence-electron chi connectivity index (χ2n) is 3.40. The molecule has 76 valence electrons. The molecule has 1 unspecified atom stereocenters. The van der Waals surface area contributed by atoms with Crippen LogP contribution in [0.4, 0.5) is 5.69 Å². The SMILES string of the molecule is Nc1cccc(C(N)c2ccccn2)c1. The maximum Gasteiger partial charge on any atom is 0.0727 e. The van der Waals surface area contributed by atoms with E-state index in [1.807, 2.05) is 42.5 Å². The Labute approximate surface area is 88.8 Å². The van der Waals surface area contributed by atoms with Gasteiger partial charge in [0.25, 0.3) is 0 Å². The first-order chi connectivity index (χ1) is 7.27. The first-order valence-electron chi connectivity index (χ1n) is 4.79. The van der Waals surface area contributed by atoms with Crippen molar-refractivity contribution in [2.45, 2.75) is 6.04 Å². The molecule has 0 amide bonds. The quantitative estimate of drug-likeness (QED) is 0.724. The molecule has 0 saturated heterocycles. The minimum Gasteiger partial charge on any atom is -0.399 e. The maximum atomic E-state index is 6.07. The van der Waals surface area contributed by atoms with Crippen LogP contribution in [0.15, 0.2) is 48.7 Å². The molecule has 0 fully saturated rings. The Morgan fingerprint density at radius 2 is 1.93 bits per heavy atom. The van der Waals surface area contributed by atoms with Crippen molar-refractivity contribution in [2.75, 3.05) is 5.73 Å². The number of aromatic nitrogens is 1. The number of hydrogen-bond acceptors (Lipinski definition) is 3. The van der Waals surface area contributed by atoms with E-state index in [-0.39, 0.29) is 6.04 Å². The minimum atomic E-state index is -0.213. The van der Waals surface area contributed by atoms with Crippen LogP contribution in [-0.2, 0) is 0 Å². The van der Waals surface area contributed by atoms with Crippen LogP contribution in [0.2, 0.25) is 0 Å². The van der Waals surface area contributed by atoms with Crippen LogP contribution in [0.3, 0.4) is 0 Å². The van der Waals surface area contributed by atoms with Crippen LogP contribution in [0.1, 0.15) is 17.3 Å². The monoisotopic (exact) mass is 199 g/mol. The smallest absolute Gasteiger partial charge is 0.0727 e. The van der Waals surface area contributed by atoms with E-state index in [2.05, 4.69) is 4.98 Å². The number of benzene rings is 1. The highest BCUT2D eigenvalue weighted by molar-refractivity contribution is 5.43. The summed E-state index contributed by atoms with van der Waals surface area (Å²) in [5.41, 5.74) is 14.3. The van der Waals surface area contributed by atoms with E-state index in [9.17, 15) is 0 Å². The Kier molecular flexibility index (Phi) is 2.65. The zero-order valence-electron chi connectivity index (χ0n) is 8.30. The lowest BCUT2D eigenvalue weighted by Gasteiger charge is -2.11. The molecule has 1 aromatic carbocycles. The van der Waals surface area contributed by atoms with Crippen LogP contribution < -0.4 is 11.5 Å². The molecule has 3 nitrogen and oxygen atoms in total. The summed E-state index contributed by atoms with van der Waals surface area (Å²) in [6.45, 7) is 0. The predicted molar refractivity (Wildman–Crippen MR) is 61.1 cm³/mol. The molecular formula is C12H13N3. The third kappa shape index (κ3) is 2.14. The zero-order chi connectivity index (χ0) is 10.7. The molecule has 15 heavy (non-hydrogen) atoms. The largest absolute Gasteiger partial charge is 0.399 e. The van der Waals surface area contributed by atoms with Crippen LogP contribution >= 0.6 is 0 Å². The van der Waals surface area contributed by atoms with E-state index < -0.39 is 0 Å². The van der Waals surface area contributed by atoms with Crippen molar-refractivity contribution in [3.63, 3.8) is 0 Å². The average Bonchev–Trinajstić information content (AvgIpc) is 2.29. The summed E-state index contributed by atoms with van der Waals surface area (Å²) in [5, 5.41) is 0. The molecule has 3 heteroatoms. The molecule has 0 bridgehead atoms. The first kappa shape index (κ1) is 9.68.